The molecule has 94 valence electrons. The summed E-state index contributed by atoms with van der Waals surface area (Å²) in [6.07, 6.45) is 4.40. The summed E-state index contributed by atoms with van der Waals surface area (Å²) in [6.45, 7) is 4.30. The molecule has 2 aromatic rings. The van der Waals surface area contributed by atoms with E-state index in [0.717, 1.165) is 6.42 Å². The van der Waals surface area contributed by atoms with E-state index in [1.165, 1.54) is 16.7 Å². The maximum atomic E-state index is 9.75. The largest absolute Gasteiger partial charge is 0.395 e. The average molecular weight is 241 g/mol. The summed E-state index contributed by atoms with van der Waals surface area (Å²) in [6, 6.07) is 12.4. The maximum absolute atomic E-state index is 9.75. The van der Waals surface area contributed by atoms with Gasteiger partial charge in [-0.3, -0.25) is 4.98 Å². The summed E-state index contributed by atoms with van der Waals surface area (Å²) in [4.78, 5) is 4.02. The Morgan fingerprint density at radius 3 is 2.22 bits per heavy atom. The molecule has 0 saturated heterocycles. The Balaban J connectivity index is 2.28. The Morgan fingerprint density at radius 2 is 1.67 bits per heavy atom. The topological polar surface area (TPSA) is 33.1 Å². The van der Waals surface area contributed by atoms with E-state index in [1.807, 2.05) is 12.1 Å². The van der Waals surface area contributed by atoms with Crippen LogP contribution in [0.25, 0.3) is 0 Å². The van der Waals surface area contributed by atoms with Crippen LogP contribution in [0.5, 0.6) is 0 Å². The first-order valence-corrected chi connectivity index (χ1v) is 6.21. The van der Waals surface area contributed by atoms with Crippen LogP contribution in [0.2, 0.25) is 0 Å². The highest BCUT2D eigenvalue weighted by atomic mass is 16.3. The molecule has 0 amide bonds. The van der Waals surface area contributed by atoms with Gasteiger partial charge in [-0.1, -0.05) is 36.8 Å². The lowest BCUT2D eigenvalue weighted by molar-refractivity contribution is 0.204. The summed E-state index contributed by atoms with van der Waals surface area (Å²) in [5, 5.41) is 9.75. The number of aromatic nitrogens is 1. The van der Waals surface area contributed by atoms with Crippen LogP contribution >= 0.6 is 0 Å². The fraction of sp³-hybridized carbons (Fsp3) is 0.312. The number of nitrogens with zero attached hydrogens (tertiary/aromatic N) is 1. The molecule has 0 aliphatic heterocycles. The number of benzene rings is 1. The van der Waals surface area contributed by atoms with Gasteiger partial charge in [0.05, 0.1) is 6.61 Å². The van der Waals surface area contributed by atoms with E-state index in [-0.39, 0.29) is 12.0 Å². The highest BCUT2D eigenvalue weighted by Crippen LogP contribution is 2.27. The SMILES string of the molecule is Cc1ccc(C(C)(CO)Cc2ccncc2)cc1. The molecule has 1 unspecified atom stereocenters. The zero-order valence-corrected chi connectivity index (χ0v) is 10.9. The third-order valence-electron chi connectivity index (χ3n) is 3.44. The predicted molar refractivity (Wildman–Crippen MR) is 73.6 cm³/mol. The highest BCUT2D eigenvalue weighted by Gasteiger charge is 2.26. The van der Waals surface area contributed by atoms with Gasteiger partial charge in [-0.2, -0.15) is 0 Å². The minimum absolute atomic E-state index is 0.137. The maximum Gasteiger partial charge on any atom is 0.0528 e. The number of rotatable bonds is 4. The molecule has 0 saturated carbocycles. The molecule has 1 atom stereocenters. The Kier molecular flexibility index (Phi) is 3.78. The van der Waals surface area contributed by atoms with E-state index >= 15 is 0 Å². The highest BCUT2D eigenvalue weighted by molar-refractivity contribution is 5.30. The third kappa shape index (κ3) is 2.77. The van der Waals surface area contributed by atoms with Crippen molar-refractivity contribution in [3.63, 3.8) is 0 Å². The molecule has 0 radical (unpaired) electrons. The number of aliphatic hydroxyl groups excluding tert-OH is 1. The van der Waals surface area contributed by atoms with Crippen molar-refractivity contribution < 1.29 is 5.11 Å². The zero-order valence-electron chi connectivity index (χ0n) is 10.9. The van der Waals surface area contributed by atoms with Crippen molar-refractivity contribution >= 4 is 0 Å². The normalized spacial score (nSPS) is 14.2. The van der Waals surface area contributed by atoms with Gasteiger partial charge in [-0.25, -0.2) is 0 Å². The molecule has 1 N–H and O–H groups in total. The molecule has 0 aliphatic carbocycles. The van der Waals surface area contributed by atoms with E-state index in [2.05, 4.69) is 43.1 Å². The van der Waals surface area contributed by atoms with Crippen LogP contribution in [0, 0.1) is 6.92 Å². The van der Waals surface area contributed by atoms with Crippen molar-refractivity contribution in [2.24, 2.45) is 0 Å². The van der Waals surface area contributed by atoms with Crippen LogP contribution in [0.15, 0.2) is 48.8 Å². The second-order valence-corrected chi connectivity index (χ2v) is 5.12. The first kappa shape index (κ1) is 12.8. The van der Waals surface area contributed by atoms with Crippen LogP contribution in [-0.4, -0.2) is 16.7 Å². The minimum atomic E-state index is -0.241. The van der Waals surface area contributed by atoms with E-state index in [9.17, 15) is 5.11 Å². The molecule has 1 aromatic heterocycles. The standard InChI is InChI=1S/C16H19NO/c1-13-3-5-15(6-4-13)16(2,12-18)11-14-7-9-17-10-8-14/h3-10,18H,11-12H2,1-2H3. The second-order valence-electron chi connectivity index (χ2n) is 5.12. The Labute approximate surface area is 108 Å². The van der Waals surface area contributed by atoms with Crippen molar-refractivity contribution in [2.45, 2.75) is 25.7 Å². The van der Waals surface area contributed by atoms with Gasteiger partial charge in [0.15, 0.2) is 0 Å². The van der Waals surface area contributed by atoms with Crippen molar-refractivity contribution in [1.29, 1.82) is 0 Å². The van der Waals surface area contributed by atoms with Gasteiger partial charge in [0.2, 0.25) is 0 Å². The van der Waals surface area contributed by atoms with E-state index in [1.54, 1.807) is 12.4 Å². The molecular formula is C16H19NO. The molecule has 1 heterocycles. The van der Waals surface area contributed by atoms with E-state index in [0.29, 0.717) is 0 Å². The quantitative estimate of drug-likeness (QED) is 0.893. The summed E-state index contributed by atoms with van der Waals surface area (Å²) in [5.74, 6) is 0. The molecule has 18 heavy (non-hydrogen) atoms. The Hall–Kier alpha value is -1.67. The van der Waals surface area contributed by atoms with Gasteiger partial charge in [-0.15, -0.1) is 0 Å². The van der Waals surface area contributed by atoms with Gasteiger partial charge >= 0.3 is 0 Å². The van der Waals surface area contributed by atoms with E-state index < -0.39 is 0 Å². The molecule has 0 spiro atoms. The van der Waals surface area contributed by atoms with Crippen molar-refractivity contribution in [3.8, 4) is 0 Å². The summed E-state index contributed by atoms with van der Waals surface area (Å²) in [5.41, 5.74) is 3.37. The zero-order chi connectivity index (χ0) is 13.0. The summed E-state index contributed by atoms with van der Waals surface area (Å²) >= 11 is 0. The Bertz CT molecular complexity index is 492. The monoisotopic (exact) mass is 241 g/mol. The van der Waals surface area contributed by atoms with Crippen LogP contribution in [0.4, 0.5) is 0 Å². The molecule has 2 nitrogen and oxygen atoms in total. The van der Waals surface area contributed by atoms with E-state index in [4.69, 9.17) is 0 Å². The van der Waals surface area contributed by atoms with Crippen LogP contribution in [-0.2, 0) is 11.8 Å². The van der Waals surface area contributed by atoms with Crippen molar-refractivity contribution in [1.82, 2.24) is 4.98 Å². The molecule has 2 heteroatoms. The average Bonchev–Trinajstić information content (AvgIpc) is 2.40. The van der Waals surface area contributed by atoms with Crippen LogP contribution in [0.3, 0.4) is 0 Å². The first-order chi connectivity index (χ1) is 8.64. The fourth-order valence-corrected chi connectivity index (χ4v) is 2.16. The Morgan fingerprint density at radius 1 is 1.06 bits per heavy atom. The lowest BCUT2D eigenvalue weighted by atomic mass is 9.78. The smallest absolute Gasteiger partial charge is 0.0528 e. The lowest BCUT2D eigenvalue weighted by Gasteiger charge is -2.28. The number of aryl methyl sites for hydroxylation is 1. The number of hydrogen-bond acceptors (Lipinski definition) is 2. The molecule has 1 aromatic carbocycles. The molecule has 0 bridgehead atoms. The van der Waals surface area contributed by atoms with Crippen LogP contribution < -0.4 is 0 Å². The molecule has 0 fully saturated rings. The van der Waals surface area contributed by atoms with Crippen molar-refractivity contribution in [2.75, 3.05) is 6.61 Å². The van der Waals surface area contributed by atoms with Gasteiger partial charge in [0.1, 0.15) is 0 Å². The third-order valence-corrected chi connectivity index (χ3v) is 3.44. The van der Waals surface area contributed by atoms with Gasteiger partial charge < -0.3 is 5.11 Å². The summed E-state index contributed by atoms with van der Waals surface area (Å²) in [7, 11) is 0. The van der Waals surface area contributed by atoms with Gasteiger partial charge in [-0.05, 0) is 36.6 Å². The molecular weight excluding hydrogens is 222 g/mol. The predicted octanol–water partition coefficient (Wildman–Crippen LogP) is 2.88. The fourth-order valence-electron chi connectivity index (χ4n) is 2.16. The van der Waals surface area contributed by atoms with Crippen molar-refractivity contribution in [3.05, 3.63) is 65.5 Å². The number of hydrogen-bond donors (Lipinski definition) is 1. The minimum Gasteiger partial charge on any atom is -0.395 e. The molecule has 2 rings (SSSR count). The van der Waals surface area contributed by atoms with Crippen LogP contribution in [0.1, 0.15) is 23.6 Å². The van der Waals surface area contributed by atoms with Gasteiger partial charge in [0.25, 0.3) is 0 Å². The molecule has 0 aliphatic rings. The second kappa shape index (κ2) is 5.32. The summed E-state index contributed by atoms with van der Waals surface area (Å²) < 4.78 is 0. The first-order valence-electron chi connectivity index (χ1n) is 6.21. The van der Waals surface area contributed by atoms with Gasteiger partial charge in [0, 0.05) is 17.8 Å². The number of aliphatic hydroxyl groups is 1. The lowest BCUT2D eigenvalue weighted by Crippen LogP contribution is -2.29. The number of pyridine rings is 1.